The zero-order valence-corrected chi connectivity index (χ0v) is 8.94. The molecule has 0 radical (unpaired) electrons. The molecule has 1 aliphatic rings. The normalized spacial score (nSPS) is 26.3. The molecule has 1 rings (SSSR count). The summed E-state index contributed by atoms with van der Waals surface area (Å²) in [7, 11) is 0. The Bertz CT molecular complexity index is 153. The molecule has 1 atom stereocenters. The summed E-state index contributed by atoms with van der Waals surface area (Å²) >= 11 is 0. The van der Waals surface area contributed by atoms with Gasteiger partial charge in [-0.1, -0.05) is 20.8 Å². The largest absolute Gasteiger partial charge is 0.311 e. The van der Waals surface area contributed by atoms with E-state index in [0.717, 1.165) is 26.1 Å². The van der Waals surface area contributed by atoms with Crippen molar-refractivity contribution >= 4 is 0 Å². The van der Waals surface area contributed by atoms with E-state index in [4.69, 9.17) is 0 Å². The van der Waals surface area contributed by atoms with Gasteiger partial charge in [-0.05, 0) is 11.8 Å². The zero-order valence-electron chi connectivity index (χ0n) is 8.94. The Morgan fingerprint density at radius 2 is 2.15 bits per heavy atom. The smallest absolute Gasteiger partial charge is 0.166 e. The summed E-state index contributed by atoms with van der Waals surface area (Å²) in [6, 6.07) is 0. The molecule has 13 heavy (non-hydrogen) atoms. The maximum Gasteiger partial charge on any atom is 0.166 e. The number of hydrogen-bond acceptors (Lipinski definition) is 2. The van der Waals surface area contributed by atoms with Gasteiger partial charge in [0.15, 0.2) is 6.30 Å². The Hall–Kier alpha value is -0.150. The van der Waals surface area contributed by atoms with Gasteiger partial charge in [-0.15, -0.1) is 0 Å². The van der Waals surface area contributed by atoms with Crippen molar-refractivity contribution in [3.05, 3.63) is 0 Å². The van der Waals surface area contributed by atoms with E-state index in [9.17, 15) is 4.39 Å². The second-order valence-corrected chi connectivity index (χ2v) is 4.99. The van der Waals surface area contributed by atoms with E-state index in [1.165, 1.54) is 0 Å². The third kappa shape index (κ3) is 4.05. The third-order valence-corrected chi connectivity index (χ3v) is 2.43. The van der Waals surface area contributed by atoms with E-state index in [2.05, 4.69) is 26.1 Å². The quantitative estimate of drug-likeness (QED) is 0.662. The molecule has 2 nitrogen and oxygen atoms in total. The fourth-order valence-corrected chi connectivity index (χ4v) is 1.44. The van der Waals surface area contributed by atoms with Gasteiger partial charge in [0.25, 0.3) is 0 Å². The highest BCUT2D eigenvalue weighted by atomic mass is 19.1. The van der Waals surface area contributed by atoms with Gasteiger partial charge in [-0.3, -0.25) is 4.90 Å². The molecule has 0 spiro atoms. The number of nitrogens with one attached hydrogen (secondary N) is 1. The molecular formula is C10H21FN2. The lowest BCUT2D eigenvalue weighted by Gasteiger charge is -2.32. The van der Waals surface area contributed by atoms with Gasteiger partial charge in [-0.25, -0.2) is 4.39 Å². The molecule has 3 heteroatoms. The Kier molecular flexibility index (Phi) is 3.68. The van der Waals surface area contributed by atoms with Crippen LogP contribution < -0.4 is 5.32 Å². The van der Waals surface area contributed by atoms with Crippen molar-refractivity contribution in [2.24, 2.45) is 5.41 Å². The van der Waals surface area contributed by atoms with Gasteiger partial charge >= 0.3 is 0 Å². The summed E-state index contributed by atoms with van der Waals surface area (Å²) in [5.41, 5.74) is 0.310. The van der Waals surface area contributed by atoms with E-state index in [1.54, 1.807) is 0 Å². The van der Waals surface area contributed by atoms with Crippen LogP contribution >= 0.6 is 0 Å². The second kappa shape index (κ2) is 4.38. The third-order valence-electron chi connectivity index (χ3n) is 2.43. The number of piperazine rings is 1. The monoisotopic (exact) mass is 188 g/mol. The lowest BCUT2D eigenvalue weighted by molar-refractivity contribution is 0.0499. The average Bonchev–Trinajstić information content (AvgIpc) is 2.01. The van der Waals surface area contributed by atoms with Gasteiger partial charge in [0.1, 0.15) is 0 Å². The van der Waals surface area contributed by atoms with Crippen LogP contribution in [0.3, 0.4) is 0 Å². The van der Waals surface area contributed by atoms with Crippen molar-refractivity contribution in [1.82, 2.24) is 10.2 Å². The van der Waals surface area contributed by atoms with Crippen molar-refractivity contribution in [2.75, 3.05) is 26.2 Å². The summed E-state index contributed by atoms with van der Waals surface area (Å²) in [5, 5.41) is 3.04. The summed E-state index contributed by atoms with van der Waals surface area (Å²) in [4.78, 5) is 1.93. The molecule has 1 heterocycles. The molecular weight excluding hydrogens is 167 g/mol. The first kappa shape index (κ1) is 10.9. The average molecular weight is 188 g/mol. The summed E-state index contributed by atoms with van der Waals surface area (Å²) < 4.78 is 13.3. The number of rotatable bonds is 2. The van der Waals surface area contributed by atoms with Crippen LogP contribution in [0.15, 0.2) is 0 Å². The molecule has 0 saturated carbocycles. The van der Waals surface area contributed by atoms with Crippen molar-refractivity contribution in [3.8, 4) is 0 Å². The van der Waals surface area contributed by atoms with Gasteiger partial charge < -0.3 is 5.32 Å². The first-order valence-corrected chi connectivity index (χ1v) is 5.08. The molecule has 0 aromatic heterocycles. The zero-order chi connectivity index (χ0) is 9.90. The van der Waals surface area contributed by atoms with E-state index >= 15 is 0 Å². The van der Waals surface area contributed by atoms with Gasteiger partial charge in [0, 0.05) is 26.2 Å². The molecule has 1 aliphatic heterocycles. The van der Waals surface area contributed by atoms with E-state index in [0.29, 0.717) is 12.0 Å². The predicted molar refractivity (Wildman–Crippen MR) is 53.4 cm³/mol. The Morgan fingerprint density at radius 1 is 1.46 bits per heavy atom. The number of nitrogens with zero attached hydrogens (tertiary/aromatic N) is 1. The van der Waals surface area contributed by atoms with E-state index in [-0.39, 0.29) is 0 Å². The highest BCUT2D eigenvalue weighted by Gasteiger charge is 2.22. The Morgan fingerprint density at radius 3 is 2.69 bits per heavy atom. The minimum absolute atomic E-state index is 0.310. The molecule has 78 valence electrons. The first-order valence-electron chi connectivity index (χ1n) is 5.08. The highest BCUT2D eigenvalue weighted by Crippen LogP contribution is 2.19. The van der Waals surface area contributed by atoms with Crippen LogP contribution in [-0.2, 0) is 0 Å². The van der Waals surface area contributed by atoms with Crippen LogP contribution in [0.2, 0.25) is 0 Å². The maximum atomic E-state index is 13.3. The van der Waals surface area contributed by atoms with Crippen LogP contribution in [0.25, 0.3) is 0 Å². The molecule has 0 aromatic carbocycles. The standard InChI is InChI=1S/C10H21FN2/c1-10(2,3)4-6-13-7-5-12-8-9(13)11/h9,12H,4-8H2,1-3H3. The number of hydrogen-bond donors (Lipinski definition) is 1. The lowest BCUT2D eigenvalue weighted by Crippen LogP contribution is -2.49. The minimum atomic E-state index is -0.781. The number of halogens is 1. The van der Waals surface area contributed by atoms with Crippen molar-refractivity contribution < 1.29 is 4.39 Å². The van der Waals surface area contributed by atoms with Gasteiger partial charge in [0.2, 0.25) is 0 Å². The molecule has 1 unspecified atom stereocenters. The summed E-state index contributed by atoms with van der Waals surface area (Å²) in [6.45, 7) is 9.73. The van der Waals surface area contributed by atoms with Crippen LogP contribution in [-0.4, -0.2) is 37.4 Å². The van der Waals surface area contributed by atoms with Crippen LogP contribution in [0.5, 0.6) is 0 Å². The molecule has 1 saturated heterocycles. The van der Waals surface area contributed by atoms with E-state index < -0.39 is 6.30 Å². The SMILES string of the molecule is CC(C)(C)CCN1CCNCC1F. The highest BCUT2D eigenvalue weighted by molar-refractivity contribution is 4.74. The fraction of sp³-hybridized carbons (Fsp3) is 1.00. The summed E-state index contributed by atoms with van der Waals surface area (Å²) in [6.07, 6.45) is 0.282. The van der Waals surface area contributed by atoms with Gasteiger partial charge in [0.05, 0.1) is 0 Å². The maximum absolute atomic E-state index is 13.3. The molecule has 0 aliphatic carbocycles. The fourth-order valence-electron chi connectivity index (χ4n) is 1.44. The summed E-state index contributed by atoms with van der Waals surface area (Å²) in [5.74, 6) is 0. The lowest BCUT2D eigenvalue weighted by atomic mass is 9.92. The van der Waals surface area contributed by atoms with Crippen LogP contribution in [0, 0.1) is 5.41 Å². The first-order chi connectivity index (χ1) is 5.99. The molecule has 1 N–H and O–H groups in total. The van der Waals surface area contributed by atoms with Crippen molar-refractivity contribution in [3.63, 3.8) is 0 Å². The van der Waals surface area contributed by atoms with Crippen LogP contribution in [0.1, 0.15) is 27.2 Å². The van der Waals surface area contributed by atoms with Crippen molar-refractivity contribution in [2.45, 2.75) is 33.5 Å². The van der Waals surface area contributed by atoms with Gasteiger partial charge in [-0.2, -0.15) is 0 Å². The topological polar surface area (TPSA) is 15.3 Å². The van der Waals surface area contributed by atoms with Crippen LogP contribution in [0.4, 0.5) is 4.39 Å². The van der Waals surface area contributed by atoms with Crippen molar-refractivity contribution in [1.29, 1.82) is 0 Å². The molecule has 1 fully saturated rings. The Balaban J connectivity index is 2.27. The second-order valence-electron chi connectivity index (χ2n) is 4.99. The molecule has 0 bridgehead atoms. The molecule has 0 amide bonds. The molecule has 0 aromatic rings. The predicted octanol–water partition coefficient (Wildman–Crippen LogP) is 1.62. The number of alkyl halides is 1. The minimum Gasteiger partial charge on any atom is -0.311 e. The Labute approximate surface area is 80.5 Å². The van der Waals surface area contributed by atoms with E-state index in [1.807, 2.05) is 4.90 Å².